The minimum absolute atomic E-state index is 0.374. The van der Waals surface area contributed by atoms with Crippen LogP contribution in [0.3, 0.4) is 0 Å². The highest BCUT2D eigenvalue weighted by molar-refractivity contribution is 6.73. The van der Waals surface area contributed by atoms with Gasteiger partial charge in [-0.05, 0) is 13.0 Å². The topological polar surface area (TPSA) is 22.1 Å². The summed E-state index contributed by atoms with van der Waals surface area (Å²) in [5.41, 5.74) is -1.28. The fraction of sp³-hybridized carbons (Fsp3) is 0.286. The Hall–Kier alpha value is -1.34. The number of rotatable bonds is 3. The van der Waals surface area contributed by atoms with E-state index in [4.69, 9.17) is 0 Å². The summed E-state index contributed by atoms with van der Waals surface area (Å²) in [5, 5.41) is 0. The Morgan fingerprint density at radius 3 is 2.27 bits per heavy atom. The molecule has 8 heteroatoms. The lowest BCUT2D eigenvalue weighted by atomic mass is 9.79. The summed E-state index contributed by atoms with van der Waals surface area (Å²) < 4.78 is 64.1. The fourth-order valence-electron chi connectivity index (χ4n) is 1.05. The molecule has 0 atom stereocenters. The summed E-state index contributed by atoms with van der Waals surface area (Å²) in [7, 11) is 0. The third-order valence-electron chi connectivity index (χ3n) is 1.66. The van der Waals surface area contributed by atoms with Crippen LogP contribution in [-0.4, -0.2) is 18.6 Å². The number of halogens is 5. The standard InChI is InChI=1S/C7H6BF5NO/c1-4-5(8(11,12)13)2-3-6(14-4)15-7(9)10/h2-3,7H,1H3/q-1. The SMILES string of the molecule is Cc1nc(OC(F)F)ccc1[B-](F)(F)F. The van der Waals surface area contributed by atoms with Gasteiger partial charge < -0.3 is 17.7 Å². The summed E-state index contributed by atoms with van der Waals surface area (Å²) in [4.78, 5) is 3.27. The van der Waals surface area contributed by atoms with Crippen molar-refractivity contribution in [3.8, 4) is 5.88 Å². The van der Waals surface area contributed by atoms with E-state index in [1.54, 1.807) is 0 Å². The van der Waals surface area contributed by atoms with E-state index >= 15 is 0 Å². The maximum absolute atomic E-state index is 12.3. The second-order valence-corrected chi connectivity index (χ2v) is 2.78. The zero-order valence-corrected chi connectivity index (χ0v) is 7.55. The summed E-state index contributed by atoms with van der Waals surface area (Å²) >= 11 is 0. The fourth-order valence-corrected chi connectivity index (χ4v) is 1.05. The van der Waals surface area contributed by atoms with Crippen molar-refractivity contribution in [1.29, 1.82) is 0 Å². The second kappa shape index (κ2) is 4.04. The van der Waals surface area contributed by atoms with Crippen LogP contribution in [0.2, 0.25) is 0 Å². The molecule has 2 nitrogen and oxygen atoms in total. The molecule has 0 aliphatic carbocycles. The van der Waals surface area contributed by atoms with Gasteiger partial charge in [0.1, 0.15) is 0 Å². The van der Waals surface area contributed by atoms with E-state index in [-0.39, 0.29) is 5.69 Å². The van der Waals surface area contributed by atoms with E-state index in [1.165, 1.54) is 0 Å². The van der Waals surface area contributed by atoms with Gasteiger partial charge >= 0.3 is 13.6 Å². The van der Waals surface area contributed by atoms with Gasteiger partial charge in [-0.3, -0.25) is 0 Å². The lowest BCUT2D eigenvalue weighted by Crippen LogP contribution is -2.36. The number of ether oxygens (including phenoxy) is 1. The average Bonchev–Trinajstić information content (AvgIpc) is 1.99. The third-order valence-corrected chi connectivity index (χ3v) is 1.66. The molecule has 84 valence electrons. The minimum Gasteiger partial charge on any atom is -0.445 e. The molecule has 1 aromatic heterocycles. The first-order chi connectivity index (χ1) is 6.80. The molecule has 0 amide bonds. The Bertz CT molecular complexity index is 354. The molecule has 0 aromatic carbocycles. The summed E-state index contributed by atoms with van der Waals surface area (Å²) in [6.07, 6.45) is 0. The van der Waals surface area contributed by atoms with Crippen LogP contribution >= 0.6 is 0 Å². The van der Waals surface area contributed by atoms with Gasteiger partial charge in [0.25, 0.3) is 0 Å². The van der Waals surface area contributed by atoms with Crippen LogP contribution in [0.5, 0.6) is 5.88 Å². The molecule has 1 aromatic rings. The highest BCUT2D eigenvalue weighted by atomic mass is 19.4. The molecule has 0 radical (unpaired) electrons. The highest BCUT2D eigenvalue weighted by Crippen LogP contribution is 2.15. The van der Waals surface area contributed by atoms with Gasteiger partial charge in [0.2, 0.25) is 5.88 Å². The van der Waals surface area contributed by atoms with Crippen LogP contribution in [-0.2, 0) is 0 Å². The molecular formula is C7H6BF5NO-. The van der Waals surface area contributed by atoms with Gasteiger partial charge in [0.15, 0.2) is 0 Å². The number of hydrogen-bond donors (Lipinski definition) is 0. The van der Waals surface area contributed by atoms with E-state index in [0.29, 0.717) is 6.07 Å². The number of pyridine rings is 1. The highest BCUT2D eigenvalue weighted by Gasteiger charge is 2.28. The van der Waals surface area contributed by atoms with E-state index in [0.717, 1.165) is 13.0 Å². The van der Waals surface area contributed by atoms with Crippen molar-refractivity contribution in [2.45, 2.75) is 13.5 Å². The van der Waals surface area contributed by atoms with Crippen LogP contribution in [0.1, 0.15) is 5.69 Å². The number of aromatic nitrogens is 1. The Kier molecular flexibility index (Phi) is 3.16. The first-order valence-corrected chi connectivity index (χ1v) is 3.93. The first kappa shape index (κ1) is 11.7. The number of nitrogens with zero attached hydrogens (tertiary/aromatic N) is 1. The zero-order valence-electron chi connectivity index (χ0n) is 7.55. The smallest absolute Gasteiger partial charge is 0.445 e. The molecule has 1 rings (SSSR count). The lowest BCUT2D eigenvalue weighted by Gasteiger charge is -2.17. The van der Waals surface area contributed by atoms with Crippen LogP contribution in [0.25, 0.3) is 0 Å². The van der Waals surface area contributed by atoms with E-state index < -0.39 is 24.9 Å². The molecule has 0 bridgehead atoms. The summed E-state index contributed by atoms with van der Waals surface area (Å²) in [5.74, 6) is -0.522. The van der Waals surface area contributed by atoms with Crippen molar-refractivity contribution in [2.24, 2.45) is 0 Å². The maximum Gasteiger partial charge on any atom is 0.511 e. The van der Waals surface area contributed by atoms with Gasteiger partial charge in [0.05, 0.1) is 0 Å². The number of aryl methyl sites for hydroxylation is 1. The van der Waals surface area contributed by atoms with Crippen molar-refractivity contribution in [3.05, 3.63) is 17.8 Å². The van der Waals surface area contributed by atoms with Gasteiger partial charge in [-0.15, -0.1) is 0 Å². The quantitative estimate of drug-likeness (QED) is 0.581. The molecule has 0 spiro atoms. The monoisotopic (exact) mass is 226 g/mol. The number of alkyl halides is 2. The summed E-state index contributed by atoms with van der Waals surface area (Å²) in [6.45, 7) is -7.19. The van der Waals surface area contributed by atoms with E-state index in [9.17, 15) is 21.7 Å². The van der Waals surface area contributed by atoms with Crippen LogP contribution in [0, 0.1) is 6.92 Å². The minimum atomic E-state index is -5.17. The van der Waals surface area contributed by atoms with E-state index in [2.05, 4.69) is 9.72 Å². The van der Waals surface area contributed by atoms with Crippen LogP contribution in [0.15, 0.2) is 12.1 Å². The molecule has 0 N–H and O–H groups in total. The molecular weight excluding hydrogens is 220 g/mol. The molecule has 0 aliphatic heterocycles. The Morgan fingerprint density at radius 1 is 1.27 bits per heavy atom. The average molecular weight is 226 g/mol. The molecule has 0 aliphatic rings. The molecule has 15 heavy (non-hydrogen) atoms. The Labute approximate surface area is 82.1 Å². The van der Waals surface area contributed by atoms with Gasteiger partial charge in [-0.25, -0.2) is 4.98 Å². The summed E-state index contributed by atoms with van der Waals surface area (Å²) in [6, 6.07) is 1.45. The largest absolute Gasteiger partial charge is 0.511 e. The number of hydrogen-bond acceptors (Lipinski definition) is 2. The van der Waals surface area contributed by atoms with Crippen molar-refractivity contribution < 1.29 is 26.5 Å². The van der Waals surface area contributed by atoms with Crippen molar-refractivity contribution in [3.63, 3.8) is 0 Å². The van der Waals surface area contributed by atoms with Crippen molar-refractivity contribution in [1.82, 2.24) is 4.98 Å². The molecule has 0 saturated carbocycles. The third kappa shape index (κ3) is 3.07. The molecule has 0 saturated heterocycles. The van der Waals surface area contributed by atoms with Crippen molar-refractivity contribution in [2.75, 3.05) is 0 Å². The molecule has 1 heterocycles. The molecule has 0 fully saturated rings. The normalized spacial score (nSPS) is 11.9. The predicted molar refractivity (Wildman–Crippen MR) is 44.3 cm³/mol. The second-order valence-electron chi connectivity index (χ2n) is 2.78. The van der Waals surface area contributed by atoms with Crippen LogP contribution < -0.4 is 10.2 Å². The van der Waals surface area contributed by atoms with Crippen molar-refractivity contribution >= 4 is 12.4 Å². The first-order valence-electron chi connectivity index (χ1n) is 3.93. The van der Waals surface area contributed by atoms with Gasteiger partial charge in [-0.1, -0.05) is 11.5 Å². The Morgan fingerprint density at radius 2 is 1.87 bits per heavy atom. The van der Waals surface area contributed by atoms with E-state index in [1.807, 2.05) is 0 Å². The Balaban J connectivity index is 2.99. The maximum atomic E-state index is 12.3. The van der Waals surface area contributed by atoms with Gasteiger partial charge in [-0.2, -0.15) is 8.78 Å². The molecule has 0 unspecified atom stereocenters. The predicted octanol–water partition coefficient (Wildman–Crippen LogP) is 2.05. The van der Waals surface area contributed by atoms with Gasteiger partial charge in [0, 0.05) is 5.69 Å². The zero-order chi connectivity index (χ0) is 11.6. The van der Waals surface area contributed by atoms with Crippen LogP contribution in [0.4, 0.5) is 21.7 Å². The lowest BCUT2D eigenvalue weighted by molar-refractivity contribution is -0.0528.